The quantitative estimate of drug-likeness (QED) is 0.270. The number of alkyl carbamates (subject to hydrolysis) is 1. The molecule has 10 heteroatoms. The van der Waals surface area contributed by atoms with Crippen LogP contribution in [0.4, 0.5) is 4.79 Å². The number of hydrogen-bond donors (Lipinski definition) is 4. The van der Waals surface area contributed by atoms with Crippen molar-refractivity contribution >= 4 is 35.5 Å². The van der Waals surface area contributed by atoms with Crippen molar-refractivity contribution in [2.75, 3.05) is 18.8 Å². The van der Waals surface area contributed by atoms with Crippen LogP contribution in [0.1, 0.15) is 73.1 Å². The Morgan fingerprint density at radius 2 is 1.82 bits per heavy atom. The van der Waals surface area contributed by atoms with E-state index in [1.54, 1.807) is 30.5 Å². The number of ether oxygens (including phenoxy) is 1. The lowest BCUT2D eigenvalue weighted by molar-refractivity contribution is -0.140. The average Bonchev–Trinajstić information content (AvgIpc) is 3.25. The molecule has 0 unspecified atom stereocenters. The third-order valence-corrected chi connectivity index (χ3v) is 8.02. The number of carbonyl (C=O) groups is 3. The number of amides is 3. The Morgan fingerprint density at radius 1 is 1.18 bits per heavy atom. The van der Waals surface area contributed by atoms with Gasteiger partial charge in [-0.25, -0.2) is 4.79 Å². The van der Waals surface area contributed by atoms with Crippen molar-refractivity contribution in [1.29, 1.82) is 5.41 Å². The zero-order valence-electron chi connectivity index (χ0n) is 21.3. The summed E-state index contributed by atoms with van der Waals surface area (Å²) in [6.45, 7) is 10.5. The number of hydrogen-bond acceptors (Lipinski definition) is 6. The van der Waals surface area contributed by atoms with E-state index in [4.69, 9.17) is 15.9 Å². The van der Waals surface area contributed by atoms with E-state index in [2.05, 4.69) is 10.6 Å². The minimum atomic E-state index is -0.807. The molecule has 0 bridgehead atoms. The monoisotopic (exact) mass is 497 g/mol. The van der Waals surface area contributed by atoms with E-state index in [9.17, 15) is 14.4 Å². The van der Waals surface area contributed by atoms with Gasteiger partial charge in [0.1, 0.15) is 12.1 Å². The van der Waals surface area contributed by atoms with Gasteiger partial charge in [0.05, 0.1) is 11.9 Å². The lowest BCUT2D eigenvalue weighted by Crippen LogP contribution is -2.60. The van der Waals surface area contributed by atoms with E-state index >= 15 is 0 Å². The molecule has 1 heterocycles. The molecule has 3 amide bonds. The predicted octanol–water partition coefficient (Wildman–Crippen LogP) is 2.87. The van der Waals surface area contributed by atoms with Crippen molar-refractivity contribution in [3.05, 3.63) is 0 Å². The molecule has 1 aliphatic heterocycles. The molecular formula is C24H43N5O4S. The second-order valence-electron chi connectivity index (χ2n) is 10.2. The first-order valence-corrected chi connectivity index (χ1v) is 13.5. The molecule has 0 radical (unpaired) electrons. The van der Waals surface area contributed by atoms with Crippen LogP contribution in [0.25, 0.3) is 0 Å². The van der Waals surface area contributed by atoms with Gasteiger partial charge < -0.3 is 26.0 Å². The summed E-state index contributed by atoms with van der Waals surface area (Å²) in [7, 11) is 0. The highest BCUT2D eigenvalue weighted by molar-refractivity contribution is 8.00. The molecule has 1 aliphatic carbocycles. The second kappa shape index (κ2) is 12.7. The molecule has 2 rings (SSSR count). The molecule has 9 nitrogen and oxygen atoms in total. The highest BCUT2D eigenvalue weighted by Crippen LogP contribution is 2.31. The van der Waals surface area contributed by atoms with Gasteiger partial charge in [-0.15, -0.1) is 0 Å². The SMILES string of the molecule is CCSC(C)(C)[C@@H](NC(=O)OC(C)C)C(=O)N1CCC[C@H]1C(=O)NCC1CCC(C(=N)N)CC1. The van der Waals surface area contributed by atoms with Crippen LogP contribution in [0.15, 0.2) is 0 Å². The van der Waals surface area contributed by atoms with Gasteiger partial charge in [0, 0.05) is 23.8 Å². The largest absolute Gasteiger partial charge is 0.447 e. The lowest BCUT2D eigenvalue weighted by atomic mass is 9.81. The maximum absolute atomic E-state index is 13.6. The van der Waals surface area contributed by atoms with E-state index < -0.39 is 22.9 Å². The summed E-state index contributed by atoms with van der Waals surface area (Å²) < 4.78 is 4.67. The molecule has 0 aromatic rings. The van der Waals surface area contributed by atoms with Gasteiger partial charge >= 0.3 is 6.09 Å². The zero-order valence-corrected chi connectivity index (χ0v) is 22.1. The van der Waals surface area contributed by atoms with Crippen LogP contribution < -0.4 is 16.4 Å². The third kappa shape index (κ3) is 7.78. The maximum atomic E-state index is 13.6. The number of nitrogens with one attached hydrogen (secondary N) is 3. The van der Waals surface area contributed by atoms with Gasteiger partial charge in [0.25, 0.3) is 0 Å². The van der Waals surface area contributed by atoms with Crippen LogP contribution >= 0.6 is 11.8 Å². The fourth-order valence-electron chi connectivity index (χ4n) is 4.86. The Morgan fingerprint density at radius 3 is 2.38 bits per heavy atom. The van der Waals surface area contributed by atoms with E-state index in [-0.39, 0.29) is 29.7 Å². The molecular weight excluding hydrogens is 454 g/mol. The van der Waals surface area contributed by atoms with Crippen molar-refractivity contribution < 1.29 is 19.1 Å². The first-order valence-electron chi connectivity index (χ1n) is 12.5. The third-order valence-electron chi connectivity index (χ3n) is 6.75. The Bertz CT molecular complexity index is 737. The topological polar surface area (TPSA) is 138 Å². The zero-order chi connectivity index (χ0) is 25.5. The summed E-state index contributed by atoms with van der Waals surface area (Å²) in [6.07, 6.45) is 4.07. The predicted molar refractivity (Wildman–Crippen MR) is 136 cm³/mol. The fraction of sp³-hybridized carbons (Fsp3) is 0.833. The summed E-state index contributed by atoms with van der Waals surface area (Å²) in [5, 5.41) is 13.4. The molecule has 34 heavy (non-hydrogen) atoms. The van der Waals surface area contributed by atoms with Crippen LogP contribution in [-0.2, 0) is 14.3 Å². The number of nitrogens with two attached hydrogens (primary N) is 1. The molecule has 5 N–H and O–H groups in total. The van der Waals surface area contributed by atoms with Crippen molar-refractivity contribution in [2.45, 2.75) is 96.1 Å². The Kier molecular flexibility index (Phi) is 10.5. The Labute approximate surface area is 208 Å². The van der Waals surface area contributed by atoms with Crippen LogP contribution in [0, 0.1) is 17.2 Å². The maximum Gasteiger partial charge on any atom is 0.408 e. The molecule has 2 atom stereocenters. The molecule has 0 aromatic carbocycles. The van der Waals surface area contributed by atoms with Crippen molar-refractivity contribution in [2.24, 2.45) is 17.6 Å². The number of carbonyl (C=O) groups excluding carboxylic acids is 3. The minimum absolute atomic E-state index is 0.135. The highest BCUT2D eigenvalue weighted by atomic mass is 32.2. The number of amidine groups is 1. The fourth-order valence-corrected chi connectivity index (χ4v) is 5.93. The molecule has 194 valence electrons. The van der Waals surface area contributed by atoms with Gasteiger partial charge in [0.2, 0.25) is 11.8 Å². The van der Waals surface area contributed by atoms with Gasteiger partial charge in [0.15, 0.2) is 0 Å². The lowest BCUT2D eigenvalue weighted by Gasteiger charge is -2.37. The van der Waals surface area contributed by atoms with Crippen molar-refractivity contribution in [3.63, 3.8) is 0 Å². The first-order chi connectivity index (χ1) is 16.0. The second-order valence-corrected chi connectivity index (χ2v) is 12.1. The molecule has 2 fully saturated rings. The number of likely N-dealkylation sites (tertiary alicyclic amines) is 1. The minimum Gasteiger partial charge on any atom is -0.447 e. The van der Waals surface area contributed by atoms with Gasteiger partial charge in [-0.3, -0.25) is 15.0 Å². The summed E-state index contributed by atoms with van der Waals surface area (Å²) in [5.41, 5.74) is 5.63. The van der Waals surface area contributed by atoms with Gasteiger partial charge in [-0.05, 0) is 77.9 Å². The van der Waals surface area contributed by atoms with Crippen molar-refractivity contribution in [1.82, 2.24) is 15.5 Å². The van der Waals surface area contributed by atoms with E-state index in [0.29, 0.717) is 25.4 Å². The molecule has 0 aromatic heterocycles. The van der Waals surface area contributed by atoms with Gasteiger partial charge in [-0.1, -0.05) is 6.92 Å². The molecule has 0 spiro atoms. The Balaban J connectivity index is 2.03. The number of nitrogens with zero attached hydrogens (tertiary/aromatic N) is 1. The summed E-state index contributed by atoms with van der Waals surface area (Å²) in [6, 6.07) is -1.34. The van der Waals surface area contributed by atoms with Crippen LogP contribution in [0.2, 0.25) is 0 Å². The summed E-state index contributed by atoms with van der Waals surface area (Å²) in [4.78, 5) is 40.7. The number of rotatable bonds is 10. The van der Waals surface area contributed by atoms with Crippen LogP contribution in [-0.4, -0.2) is 70.4 Å². The average molecular weight is 498 g/mol. The van der Waals surface area contributed by atoms with E-state index in [1.165, 1.54) is 0 Å². The summed E-state index contributed by atoms with van der Waals surface area (Å²) in [5.74, 6) is 1.19. The molecule has 2 aliphatic rings. The van der Waals surface area contributed by atoms with Crippen LogP contribution in [0.5, 0.6) is 0 Å². The van der Waals surface area contributed by atoms with Crippen molar-refractivity contribution in [3.8, 4) is 0 Å². The Hall–Kier alpha value is -1.97. The van der Waals surface area contributed by atoms with Gasteiger partial charge in [-0.2, -0.15) is 11.8 Å². The smallest absolute Gasteiger partial charge is 0.408 e. The first kappa shape index (κ1) is 28.3. The normalized spacial score (nSPS) is 23.9. The van der Waals surface area contributed by atoms with Crippen LogP contribution in [0.3, 0.4) is 0 Å². The molecule has 1 saturated carbocycles. The van der Waals surface area contributed by atoms with E-state index in [0.717, 1.165) is 37.9 Å². The number of thioether (sulfide) groups is 1. The standard InChI is InChI=1S/C24H43N5O4S/c1-6-34-24(4,5)19(28-23(32)33-15(2)3)22(31)29-13-7-8-18(29)21(30)27-14-16-9-11-17(12-10-16)20(25)26/h15-19H,6-14H2,1-5H3,(H3,25,26)(H,27,30)(H,28,32)/t16?,17?,18-,19-/m0/s1. The molecule has 1 saturated heterocycles. The van der Waals surface area contributed by atoms with E-state index in [1.807, 2.05) is 20.8 Å². The summed E-state index contributed by atoms with van der Waals surface area (Å²) >= 11 is 1.59. The highest BCUT2D eigenvalue weighted by Gasteiger charge is 2.44.